The Bertz CT molecular complexity index is 1310. The van der Waals surface area contributed by atoms with Gasteiger partial charge in [-0.25, -0.2) is 17.5 Å². The van der Waals surface area contributed by atoms with Gasteiger partial charge in [0.1, 0.15) is 6.04 Å². The second-order valence-corrected chi connectivity index (χ2v) is 10.4. The molecule has 0 radical (unpaired) electrons. The summed E-state index contributed by atoms with van der Waals surface area (Å²) in [6, 6.07) is 4.15. The molecule has 0 saturated carbocycles. The molecular formula is C21H19F6N3O6S. The molecule has 0 bridgehead atoms. The number of carbonyl (C=O) groups is 2. The van der Waals surface area contributed by atoms with Crippen LogP contribution in [-0.2, 0) is 27.0 Å². The molecule has 3 N–H and O–H groups in total. The summed E-state index contributed by atoms with van der Waals surface area (Å²) in [7, 11) is -1.29. The quantitative estimate of drug-likeness (QED) is 0.486. The minimum atomic E-state index is -6.09. The molecule has 2 aromatic carbocycles. The van der Waals surface area contributed by atoms with Gasteiger partial charge < -0.3 is 15.5 Å². The van der Waals surface area contributed by atoms with E-state index in [1.165, 1.54) is 32.3 Å². The molecule has 0 fully saturated rings. The Kier molecular flexibility index (Phi) is 7.00. The first kappa shape index (κ1) is 28.2. The van der Waals surface area contributed by atoms with Crippen molar-refractivity contribution in [1.29, 1.82) is 0 Å². The predicted octanol–water partition coefficient (Wildman–Crippen LogP) is 3.42. The van der Waals surface area contributed by atoms with Crippen LogP contribution in [0.2, 0.25) is 0 Å². The highest BCUT2D eigenvalue weighted by molar-refractivity contribution is 7.89. The molecule has 0 spiro atoms. The minimum Gasteiger partial charge on any atom is -0.465 e. The van der Waals surface area contributed by atoms with Crippen molar-refractivity contribution in [3.05, 3.63) is 59.2 Å². The van der Waals surface area contributed by atoms with E-state index in [9.17, 15) is 54.6 Å². The molecule has 3 rings (SSSR count). The van der Waals surface area contributed by atoms with Gasteiger partial charge in [0.05, 0.1) is 11.4 Å². The fraction of sp³-hybridized carbons (Fsp3) is 0.333. The molecule has 1 unspecified atom stereocenters. The number of hydrogen-bond donors (Lipinski definition) is 3. The van der Waals surface area contributed by atoms with E-state index in [1.807, 2.05) is 0 Å². The Morgan fingerprint density at radius 3 is 2.00 bits per heavy atom. The SMILES string of the molecule is CN(C)S(=O)(=O)c1ccc2c(c1)CN(C(=O)O)C2C(=O)Nc1ccc(C(O)(C(F)(F)F)C(F)(F)F)cc1. The van der Waals surface area contributed by atoms with Crippen molar-refractivity contribution in [2.45, 2.75) is 35.4 Å². The number of carboxylic acid groups (broad SMARTS) is 1. The fourth-order valence-corrected chi connectivity index (χ4v) is 4.71. The Morgan fingerprint density at radius 1 is 1.00 bits per heavy atom. The lowest BCUT2D eigenvalue weighted by atomic mass is 9.92. The Hall–Kier alpha value is -3.37. The van der Waals surface area contributed by atoms with Crippen LogP contribution in [0.1, 0.15) is 22.7 Å². The van der Waals surface area contributed by atoms with Gasteiger partial charge in [-0.3, -0.25) is 9.69 Å². The van der Waals surface area contributed by atoms with Crippen LogP contribution in [0.4, 0.5) is 36.8 Å². The van der Waals surface area contributed by atoms with Crippen molar-refractivity contribution in [3.63, 3.8) is 0 Å². The van der Waals surface area contributed by atoms with Crippen LogP contribution in [0.5, 0.6) is 0 Å². The van der Waals surface area contributed by atoms with Crippen molar-refractivity contribution in [3.8, 4) is 0 Å². The van der Waals surface area contributed by atoms with Crippen molar-refractivity contribution >= 4 is 27.7 Å². The first-order valence-electron chi connectivity index (χ1n) is 10.1. The summed E-state index contributed by atoms with van der Waals surface area (Å²) in [6.07, 6.45) is -13.7. The van der Waals surface area contributed by atoms with E-state index in [2.05, 4.69) is 5.32 Å². The van der Waals surface area contributed by atoms with Crippen LogP contribution in [0.25, 0.3) is 0 Å². The number of halogens is 6. The van der Waals surface area contributed by atoms with Crippen molar-refractivity contribution < 1.29 is 54.6 Å². The third-order valence-electron chi connectivity index (χ3n) is 5.72. The van der Waals surface area contributed by atoms with E-state index in [4.69, 9.17) is 0 Å². The number of carbonyl (C=O) groups excluding carboxylic acids is 1. The number of hydrogen-bond acceptors (Lipinski definition) is 5. The van der Waals surface area contributed by atoms with Crippen LogP contribution in [0, 0.1) is 0 Å². The highest BCUT2D eigenvalue weighted by Crippen LogP contribution is 2.50. The molecule has 1 atom stereocenters. The van der Waals surface area contributed by atoms with Gasteiger partial charge in [0, 0.05) is 25.3 Å². The monoisotopic (exact) mass is 555 g/mol. The maximum atomic E-state index is 13.1. The van der Waals surface area contributed by atoms with Crippen molar-refractivity contribution in [2.24, 2.45) is 0 Å². The molecular weight excluding hydrogens is 536 g/mol. The number of amides is 2. The molecule has 2 amide bonds. The Labute approximate surface area is 206 Å². The summed E-state index contributed by atoms with van der Waals surface area (Å²) in [6.45, 7) is -0.358. The van der Waals surface area contributed by atoms with Crippen LogP contribution in [-0.4, -0.2) is 66.3 Å². The highest BCUT2D eigenvalue weighted by atomic mass is 32.2. The molecule has 1 aliphatic heterocycles. The molecule has 1 aliphatic rings. The number of fused-ring (bicyclic) bond motifs is 1. The number of nitrogens with one attached hydrogen (secondary N) is 1. The van der Waals surface area contributed by atoms with Crippen molar-refractivity contribution in [2.75, 3.05) is 19.4 Å². The van der Waals surface area contributed by atoms with Gasteiger partial charge in [-0.05, 0) is 35.4 Å². The summed E-state index contributed by atoms with van der Waals surface area (Å²) in [5.74, 6) is -1.00. The van der Waals surface area contributed by atoms with Gasteiger partial charge in [0.15, 0.2) is 0 Å². The van der Waals surface area contributed by atoms with Gasteiger partial charge in [0.2, 0.25) is 10.0 Å². The number of alkyl halides is 6. The van der Waals surface area contributed by atoms with E-state index in [0.29, 0.717) is 29.2 Å². The molecule has 0 aliphatic carbocycles. The summed E-state index contributed by atoms with van der Waals surface area (Å²) >= 11 is 0. The topological polar surface area (TPSA) is 127 Å². The second kappa shape index (κ2) is 9.18. The minimum absolute atomic E-state index is 0.137. The molecule has 16 heteroatoms. The molecule has 0 saturated heterocycles. The normalized spacial score (nSPS) is 16.6. The lowest BCUT2D eigenvalue weighted by molar-refractivity contribution is -0.376. The maximum Gasteiger partial charge on any atom is 0.430 e. The zero-order chi connectivity index (χ0) is 28.1. The van der Waals surface area contributed by atoms with Gasteiger partial charge in [-0.1, -0.05) is 18.2 Å². The van der Waals surface area contributed by atoms with Gasteiger partial charge in [-0.15, -0.1) is 0 Å². The van der Waals surface area contributed by atoms with Crippen LogP contribution in [0.15, 0.2) is 47.4 Å². The number of aliphatic hydroxyl groups is 1. The average molecular weight is 555 g/mol. The first-order chi connectivity index (χ1) is 16.8. The standard InChI is InChI=1S/C21H19F6N3O6S/c1-29(2)37(35,36)14-7-8-15-11(9-14)10-30(18(32)33)16(15)17(31)28-13-5-3-12(4-6-13)19(34,20(22,23)24)21(25,26)27/h3-9,16,34H,10H2,1-2H3,(H,28,31)(H,32,33). The van der Waals surface area contributed by atoms with E-state index in [1.54, 1.807) is 0 Å². The molecule has 37 heavy (non-hydrogen) atoms. The fourth-order valence-electron chi connectivity index (χ4n) is 3.75. The first-order valence-corrected chi connectivity index (χ1v) is 11.6. The van der Waals surface area contributed by atoms with Gasteiger partial charge in [0.25, 0.3) is 11.5 Å². The second-order valence-electron chi connectivity index (χ2n) is 8.23. The maximum absolute atomic E-state index is 13.1. The molecule has 202 valence electrons. The zero-order valence-electron chi connectivity index (χ0n) is 18.9. The summed E-state index contributed by atoms with van der Waals surface area (Å²) in [5, 5.41) is 21.2. The number of nitrogens with zero attached hydrogens (tertiary/aromatic N) is 2. The number of rotatable bonds is 5. The third kappa shape index (κ3) is 4.83. The number of benzene rings is 2. The lowest BCUT2D eigenvalue weighted by Crippen LogP contribution is -2.53. The van der Waals surface area contributed by atoms with E-state index < -0.39 is 51.6 Å². The van der Waals surface area contributed by atoms with E-state index >= 15 is 0 Å². The molecule has 9 nitrogen and oxygen atoms in total. The molecule has 0 aromatic heterocycles. The van der Waals surface area contributed by atoms with Crippen LogP contribution < -0.4 is 5.32 Å². The van der Waals surface area contributed by atoms with Crippen molar-refractivity contribution in [1.82, 2.24) is 9.21 Å². The predicted molar refractivity (Wildman–Crippen MR) is 115 cm³/mol. The number of anilines is 1. The zero-order valence-corrected chi connectivity index (χ0v) is 19.7. The van der Waals surface area contributed by atoms with E-state index in [0.717, 1.165) is 4.31 Å². The summed E-state index contributed by atoms with van der Waals surface area (Å²) in [4.78, 5) is 25.2. The largest absolute Gasteiger partial charge is 0.465 e. The molecule has 2 aromatic rings. The Morgan fingerprint density at radius 2 is 1.54 bits per heavy atom. The lowest BCUT2D eigenvalue weighted by Gasteiger charge is -2.32. The smallest absolute Gasteiger partial charge is 0.430 e. The van der Waals surface area contributed by atoms with Gasteiger partial charge >= 0.3 is 18.4 Å². The van der Waals surface area contributed by atoms with Crippen LogP contribution in [0.3, 0.4) is 0 Å². The van der Waals surface area contributed by atoms with E-state index in [-0.39, 0.29) is 28.3 Å². The molecule has 1 heterocycles. The third-order valence-corrected chi connectivity index (χ3v) is 7.54. The van der Waals surface area contributed by atoms with Gasteiger partial charge in [-0.2, -0.15) is 26.3 Å². The highest BCUT2D eigenvalue weighted by Gasteiger charge is 2.71. The summed E-state index contributed by atoms with van der Waals surface area (Å²) < 4.78 is 104. The summed E-state index contributed by atoms with van der Waals surface area (Å²) in [5.41, 5.74) is -6.64. The number of sulfonamides is 1. The average Bonchev–Trinajstić information content (AvgIpc) is 3.16. The van der Waals surface area contributed by atoms with Crippen LogP contribution >= 0.6 is 0 Å². The Balaban J connectivity index is 1.93.